The molecule has 2 atom stereocenters. The van der Waals surface area contributed by atoms with Crippen molar-refractivity contribution >= 4 is 16.7 Å². The second-order valence-corrected chi connectivity index (χ2v) is 6.43. The van der Waals surface area contributed by atoms with Crippen LogP contribution < -0.4 is 4.74 Å². The normalized spacial score (nSPS) is 21.4. The Hall–Kier alpha value is -2.03. The van der Waals surface area contributed by atoms with Gasteiger partial charge in [-0.25, -0.2) is 0 Å². The van der Waals surface area contributed by atoms with Crippen molar-refractivity contribution in [3.63, 3.8) is 0 Å². The van der Waals surface area contributed by atoms with Gasteiger partial charge >= 0.3 is 0 Å². The van der Waals surface area contributed by atoms with E-state index in [1.54, 1.807) is 0 Å². The third-order valence-corrected chi connectivity index (χ3v) is 4.83. The van der Waals surface area contributed by atoms with E-state index in [1.165, 1.54) is 6.42 Å². The minimum atomic E-state index is 0.102. The van der Waals surface area contributed by atoms with Crippen LogP contribution in [0.2, 0.25) is 0 Å². The molecule has 0 aliphatic carbocycles. The summed E-state index contributed by atoms with van der Waals surface area (Å²) in [6.07, 6.45) is 3.34. The lowest BCUT2D eigenvalue weighted by atomic mass is 9.94. The van der Waals surface area contributed by atoms with Gasteiger partial charge < -0.3 is 9.64 Å². The van der Waals surface area contributed by atoms with Crippen molar-refractivity contribution < 1.29 is 9.53 Å². The maximum atomic E-state index is 13.4. The largest absolute Gasteiger partial charge is 0.493 e. The first-order chi connectivity index (χ1) is 11.1. The number of fused-ring (bicyclic) bond motifs is 1. The molecule has 3 nitrogen and oxygen atoms in total. The number of piperidine rings is 1. The fourth-order valence-corrected chi connectivity index (χ4v) is 3.70. The fourth-order valence-electron chi connectivity index (χ4n) is 3.70. The van der Waals surface area contributed by atoms with Crippen LogP contribution in [0.1, 0.15) is 50.4 Å². The van der Waals surface area contributed by atoms with E-state index in [0.717, 1.165) is 23.6 Å². The van der Waals surface area contributed by atoms with E-state index in [1.807, 2.05) is 48.2 Å². The molecule has 0 radical (unpaired) electrons. The standard InChI is InChI=1S/C20H25NO2/c1-4-23-18-13-12-16-10-5-6-11-17(16)19(18)20(22)21-14(2)8-7-9-15(21)3/h5-6,10-15H,4,7-9H2,1-3H3/t14-,15-/m0/s1. The second kappa shape index (κ2) is 6.61. The maximum absolute atomic E-state index is 13.4. The van der Waals surface area contributed by atoms with E-state index in [0.29, 0.717) is 17.9 Å². The van der Waals surface area contributed by atoms with E-state index in [9.17, 15) is 4.79 Å². The minimum Gasteiger partial charge on any atom is -0.493 e. The molecule has 1 saturated heterocycles. The van der Waals surface area contributed by atoms with Crippen LogP contribution in [0.4, 0.5) is 0 Å². The lowest BCUT2D eigenvalue weighted by molar-refractivity contribution is 0.0509. The first-order valence-electron chi connectivity index (χ1n) is 8.60. The van der Waals surface area contributed by atoms with Gasteiger partial charge in [0.15, 0.2) is 0 Å². The lowest BCUT2D eigenvalue weighted by Crippen LogP contribution is -2.47. The summed E-state index contributed by atoms with van der Waals surface area (Å²) in [5, 5.41) is 2.06. The monoisotopic (exact) mass is 311 g/mol. The molecule has 23 heavy (non-hydrogen) atoms. The molecule has 1 aliphatic rings. The summed E-state index contributed by atoms with van der Waals surface area (Å²) >= 11 is 0. The highest BCUT2D eigenvalue weighted by atomic mass is 16.5. The number of hydrogen-bond donors (Lipinski definition) is 0. The summed E-state index contributed by atoms with van der Waals surface area (Å²) in [6.45, 7) is 6.82. The molecular weight excluding hydrogens is 286 g/mol. The van der Waals surface area contributed by atoms with Gasteiger partial charge in [0.1, 0.15) is 5.75 Å². The average Bonchev–Trinajstić information content (AvgIpc) is 2.54. The molecule has 1 heterocycles. The zero-order valence-corrected chi connectivity index (χ0v) is 14.2. The molecule has 3 heteroatoms. The minimum absolute atomic E-state index is 0.102. The number of ether oxygens (including phenoxy) is 1. The predicted molar refractivity (Wildman–Crippen MR) is 94.1 cm³/mol. The van der Waals surface area contributed by atoms with Gasteiger partial charge in [-0.3, -0.25) is 4.79 Å². The first kappa shape index (κ1) is 15.9. The lowest BCUT2D eigenvalue weighted by Gasteiger charge is -2.39. The van der Waals surface area contributed by atoms with Crippen LogP contribution in [0.25, 0.3) is 10.8 Å². The zero-order chi connectivity index (χ0) is 16.4. The fraction of sp³-hybridized carbons (Fsp3) is 0.450. The molecule has 0 N–H and O–H groups in total. The van der Waals surface area contributed by atoms with Crippen LogP contribution in [-0.2, 0) is 0 Å². The van der Waals surface area contributed by atoms with Gasteiger partial charge in [-0.15, -0.1) is 0 Å². The number of benzene rings is 2. The van der Waals surface area contributed by atoms with Crippen LogP contribution >= 0.6 is 0 Å². The average molecular weight is 311 g/mol. The van der Waals surface area contributed by atoms with Gasteiger partial charge in [0, 0.05) is 12.1 Å². The molecule has 1 amide bonds. The zero-order valence-electron chi connectivity index (χ0n) is 14.2. The second-order valence-electron chi connectivity index (χ2n) is 6.43. The molecule has 2 aromatic rings. The Morgan fingerprint density at radius 1 is 1.13 bits per heavy atom. The van der Waals surface area contributed by atoms with Gasteiger partial charge in [0.2, 0.25) is 0 Å². The Morgan fingerprint density at radius 3 is 2.52 bits per heavy atom. The van der Waals surface area contributed by atoms with Crippen molar-refractivity contribution in [2.75, 3.05) is 6.61 Å². The van der Waals surface area contributed by atoms with Crippen molar-refractivity contribution in [1.82, 2.24) is 4.90 Å². The molecular formula is C20H25NO2. The summed E-state index contributed by atoms with van der Waals surface area (Å²) in [5.74, 6) is 0.797. The number of amides is 1. The molecule has 122 valence electrons. The number of carbonyl (C=O) groups excluding carboxylic acids is 1. The molecule has 0 bridgehead atoms. The van der Waals surface area contributed by atoms with Crippen LogP contribution in [0.5, 0.6) is 5.75 Å². The highest BCUT2D eigenvalue weighted by molar-refractivity contribution is 6.09. The number of likely N-dealkylation sites (tertiary alicyclic amines) is 1. The number of rotatable bonds is 3. The Kier molecular flexibility index (Phi) is 4.56. The van der Waals surface area contributed by atoms with Crippen molar-refractivity contribution in [2.45, 2.75) is 52.1 Å². The molecule has 3 rings (SSSR count). The van der Waals surface area contributed by atoms with Gasteiger partial charge in [0.25, 0.3) is 5.91 Å². The van der Waals surface area contributed by atoms with Crippen molar-refractivity contribution in [3.8, 4) is 5.75 Å². The van der Waals surface area contributed by atoms with Crippen molar-refractivity contribution in [1.29, 1.82) is 0 Å². The van der Waals surface area contributed by atoms with E-state index < -0.39 is 0 Å². The van der Waals surface area contributed by atoms with E-state index >= 15 is 0 Å². The Morgan fingerprint density at radius 2 is 1.83 bits per heavy atom. The number of carbonyl (C=O) groups is 1. The third-order valence-electron chi connectivity index (χ3n) is 4.83. The van der Waals surface area contributed by atoms with Gasteiger partial charge in [0.05, 0.1) is 12.2 Å². The van der Waals surface area contributed by atoms with E-state index in [4.69, 9.17) is 4.74 Å². The van der Waals surface area contributed by atoms with Crippen LogP contribution in [0.15, 0.2) is 36.4 Å². The molecule has 1 aliphatic heterocycles. The van der Waals surface area contributed by atoms with Crippen molar-refractivity contribution in [2.24, 2.45) is 0 Å². The maximum Gasteiger partial charge on any atom is 0.258 e. The molecule has 0 spiro atoms. The molecule has 0 saturated carbocycles. The molecule has 1 fully saturated rings. The highest BCUT2D eigenvalue weighted by Gasteiger charge is 2.32. The first-order valence-corrected chi connectivity index (χ1v) is 8.60. The SMILES string of the molecule is CCOc1ccc2ccccc2c1C(=O)N1[C@@H](C)CCC[C@@H]1C. The summed E-state index contributed by atoms with van der Waals surface area (Å²) in [6, 6.07) is 12.6. The highest BCUT2D eigenvalue weighted by Crippen LogP contribution is 2.33. The predicted octanol–water partition coefficient (Wildman–Crippen LogP) is 4.64. The Bertz CT molecular complexity index is 700. The number of hydrogen-bond acceptors (Lipinski definition) is 2. The van der Waals surface area contributed by atoms with Crippen LogP contribution in [-0.4, -0.2) is 29.5 Å². The van der Waals surface area contributed by atoms with E-state index in [2.05, 4.69) is 13.8 Å². The van der Waals surface area contributed by atoms with Gasteiger partial charge in [-0.05, 0) is 56.9 Å². The molecule has 0 unspecified atom stereocenters. The smallest absolute Gasteiger partial charge is 0.258 e. The summed E-state index contributed by atoms with van der Waals surface area (Å²) in [4.78, 5) is 15.4. The summed E-state index contributed by atoms with van der Waals surface area (Å²) < 4.78 is 5.78. The molecule has 0 aromatic heterocycles. The Balaban J connectivity index is 2.12. The topological polar surface area (TPSA) is 29.5 Å². The van der Waals surface area contributed by atoms with Crippen LogP contribution in [0.3, 0.4) is 0 Å². The van der Waals surface area contributed by atoms with E-state index in [-0.39, 0.29) is 18.0 Å². The van der Waals surface area contributed by atoms with Gasteiger partial charge in [-0.2, -0.15) is 0 Å². The van der Waals surface area contributed by atoms with Gasteiger partial charge in [-0.1, -0.05) is 30.3 Å². The Labute approximate surface area is 138 Å². The summed E-state index contributed by atoms with van der Waals surface area (Å²) in [5.41, 5.74) is 0.713. The van der Waals surface area contributed by atoms with Crippen molar-refractivity contribution in [3.05, 3.63) is 42.0 Å². The summed E-state index contributed by atoms with van der Waals surface area (Å²) in [7, 11) is 0. The van der Waals surface area contributed by atoms with Crippen LogP contribution in [0, 0.1) is 0 Å². The third kappa shape index (κ3) is 2.92. The number of nitrogens with zero attached hydrogens (tertiary/aromatic N) is 1. The molecule has 2 aromatic carbocycles. The quantitative estimate of drug-likeness (QED) is 0.826.